The topological polar surface area (TPSA) is 58.6 Å². The molecule has 33 heavy (non-hydrogen) atoms. The van der Waals surface area contributed by atoms with Gasteiger partial charge in [0.2, 0.25) is 11.8 Å². The van der Waals surface area contributed by atoms with Crippen LogP contribution in [0.4, 0.5) is 11.4 Å². The average Bonchev–Trinajstić information content (AvgIpc) is 2.87. The van der Waals surface area contributed by atoms with Crippen LogP contribution in [0.2, 0.25) is 0 Å². The van der Waals surface area contributed by atoms with Crippen molar-refractivity contribution in [2.24, 2.45) is 11.3 Å². The highest BCUT2D eigenvalue weighted by Gasteiger charge is 2.37. The molecule has 3 aromatic rings. The highest BCUT2D eigenvalue weighted by Crippen LogP contribution is 2.38. The second-order valence-electron chi connectivity index (χ2n) is 9.86. The van der Waals surface area contributed by atoms with Crippen LogP contribution in [-0.4, -0.2) is 25.0 Å². The third-order valence-corrected chi connectivity index (χ3v) is 6.11. The molecule has 5 nitrogen and oxygen atoms in total. The maximum absolute atomic E-state index is 13.3. The van der Waals surface area contributed by atoms with Gasteiger partial charge in [-0.2, -0.15) is 0 Å². The molecule has 0 spiro atoms. The summed E-state index contributed by atoms with van der Waals surface area (Å²) in [5.74, 6) is 1.09. The van der Waals surface area contributed by atoms with Gasteiger partial charge in [-0.3, -0.25) is 9.59 Å². The van der Waals surface area contributed by atoms with Crippen molar-refractivity contribution in [2.45, 2.75) is 40.5 Å². The Labute approximate surface area is 195 Å². The molecule has 172 valence electrons. The first-order valence-corrected chi connectivity index (χ1v) is 11.6. The molecule has 0 bridgehead atoms. The molecule has 0 aromatic heterocycles. The van der Waals surface area contributed by atoms with E-state index < -0.39 is 5.41 Å². The molecule has 0 aliphatic carbocycles. The van der Waals surface area contributed by atoms with Crippen molar-refractivity contribution in [3.63, 3.8) is 0 Å². The summed E-state index contributed by atoms with van der Waals surface area (Å²) < 4.78 is 6.00. The number of benzene rings is 3. The summed E-state index contributed by atoms with van der Waals surface area (Å²) >= 11 is 0. The molecule has 2 amide bonds. The second kappa shape index (κ2) is 9.26. The largest absolute Gasteiger partial charge is 0.490 e. The van der Waals surface area contributed by atoms with Crippen LogP contribution >= 0.6 is 0 Å². The van der Waals surface area contributed by atoms with Gasteiger partial charge in [0.15, 0.2) is 0 Å². The van der Waals surface area contributed by atoms with Crippen LogP contribution in [0.3, 0.4) is 0 Å². The first kappa shape index (κ1) is 22.8. The minimum Gasteiger partial charge on any atom is -0.490 e. The molecule has 0 saturated carbocycles. The summed E-state index contributed by atoms with van der Waals surface area (Å²) in [5, 5.41) is 5.21. The van der Waals surface area contributed by atoms with E-state index in [2.05, 4.69) is 19.2 Å². The van der Waals surface area contributed by atoms with Gasteiger partial charge in [0, 0.05) is 12.2 Å². The first-order chi connectivity index (χ1) is 15.7. The van der Waals surface area contributed by atoms with Crippen molar-refractivity contribution in [1.82, 2.24) is 0 Å². The summed E-state index contributed by atoms with van der Waals surface area (Å²) in [5.41, 5.74) is 1.74. The van der Waals surface area contributed by atoms with Crippen molar-refractivity contribution in [3.8, 4) is 5.75 Å². The lowest BCUT2D eigenvalue weighted by atomic mass is 9.92. The highest BCUT2D eigenvalue weighted by atomic mass is 16.5. The van der Waals surface area contributed by atoms with Crippen LogP contribution in [0.15, 0.2) is 60.7 Å². The van der Waals surface area contributed by atoms with E-state index in [0.29, 0.717) is 36.2 Å². The Morgan fingerprint density at radius 1 is 1.09 bits per heavy atom. The Bertz CT molecular complexity index is 1180. The van der Waals surface area contributed by atoms with Crippen LogP contribution < -0.4 is 15.0 Å². The van der Waals surface area contributed by atoms with E-state index >= 15 is 0 Å². The number of ether oxygens (including phenoxy) is 1. The molecular formula is C28H32N2O3. The van der Waals surface area contributed by atoms with Gasteiger partial charge in [0.25, 0.3) is 0 Å². The van der Waals surface area contributed by atoms with Gasteiger partial charge in [-0.05, 0) is 60.7 Å². The fraction of sp³-hybridized carbons (Fsp3) is 0.357. The third kappa shape index (κ3) is 5.03. The number of anilines is 2. The Balaban J connectivity index is 1.58. The highest BCUT2D eigenvalue weighted by molar-refractivity contribution is 6.01. The predicted octanol–water partition coefficient (Wildman–Crippen LogP) is 5.82. The number of rotatable bonds is 6. The number of carbonyl (C=O) groups excluding carboxylic acids is 2. The molecule has 0 fully saturated rings. The number of hydrogen-bond donors (Lipinski definition) is 1. The summed E-state index contributed by atoms with van der Waals surface area (Å²) in [6.45, 7) is 9.06. The molecular weight excluding hydrogens is 412 g/mol. The van der Waals surface area contributed by atoms with E-state index in [0.717, 1.165) is 22.8 Å². The van der Waals surface area contributed by atoms with Crippen molar-refractivity contribution < 1.29 is 14.3 Å². The predicted molar refractivity (Wildman–Crippen MR) is 134 cm³/mol. The zero-order valence-electron chi connectivity index (χ0n) is 19.9. The van der Waals surface area contributed by atoms with E-state index in [-0.39, 0.29) is 18.2 Å². The quantitative estimate of drug-likeness (QED) is 0.521. The van der Waals surface area contributed by atoms with Crippen molar-refractivity contribution in [1.29, 1.82) is 0 Å². The van der Waals surface area contributed by atoms with Crippen LogP contribution in [0.5, 0.6) is 5.75 Å². The molecule has 4 rings (SSSR count). The lowest BCUT2D eigenvalue weighted by Crippen LogP contribution is -2.42. The van der Waals surface area contributed by atoms with Crippen molar-refractivity contribution in [2.75, 3.05) is 23.4 Å². The number of amides is 2. The number of nitrogens with one attached hydrogen (secondary N) is 1. The number of hydrogen-bond acceptors (Lipinski definition) is 3. The van der Waals surface area contributed by atoms with Gasteiger partial charge in [0.1, 0.15) is 12.4 Å². The first-order valence-electron chi connectivity index (χ1n) is 11.6. The van der Waals surface area contributed by atoms with Gasteiger partial charge >= 0.3 is 0 Å². The van der Waals surface area contributed by atoms with Crippen LogP contribution in [0, 0.1) is 11.3 Å². The maximum atomic E-state index is 13.3. The Morgan fingerprint density at radius 2 is 1.85 bits per heavy atom. The van der Waals surface area contributed by atoms with Crippen LogP contribution in [0.25, 0.3) is 10.8 Å². The maximum Gasteiger partial charge on any atom is 0.236 e. The van der Waals surface area contributed by atoms with Crippen molar-refractivity contribution in [3.05, 3.63) is 66.2 Å². The third-order valence-electron chi connectivity index (χ3n) is 6.11. The standard InChI is InChI=1S/C28H32N2O3/c1-19(2)14-15-30-24-17-22(12-13-25(24)33-18-28(3,4)27(30)32)29-26(31)16-21-10-7-9-20-8-5-6-11-23(20)21/h5-13,17,19H,14-16,18H2,1-4H3,(H,29,31). The van der Waals surface area contributed by atoms with E-state index in [1.54, 1.807) is 0 Å². The molecule has 5 heteroatoms. The zero-order chi connectivity index (χ0) is 23.6. The van der Waals surface area contributed by atoms with Gasteiger partial charge < -0.3 is 15.0 Å². The molecule has 3 aromatic carbocycles. The molecule has 0 saturated heterocycles. The number of carbonyl (C=O) groups is 2. The molecule has 1 N–H and O–H groups in total. The summed E-state index contributed by atoms with van der Waals surface area (Å²) in [6.07, 6.45) is 1.16. The smallest absolute Gasteiger partial charge is 0.236 e. The van der Waals surface area contributed by atoms with Crippen LogP contribution in [-0.2, 0) is 16.0 Å². The van der Waals surface area contributed by atoms with Crippen molar-refractivity contribution >= 4 is 34.0 Å². The van der Waals surface area contributed by atoms with Crippen LogP contribution in [0.1, 0.15) is 39.7 Å². The molecule has 0 unspecified atom stereocenters. The van der Waals surface area contributed by atoms with E-state index in [1.807, 2.05) is 79.4 Å². The number of fused-ring (bicyclic) bond motifs is 2. The number of nitrogens with zero attached hydrogens (tertiary/aromatic N) is 1. The summed E-state index contributed by atoms with van der Waals surface area (Å²) in [7, 11) is 0. The van der Waals surface area contributed by atoms with E-state index in [4.69, 9.17) is 4.74 Å². The fourth-order valence-electron chi connectivity index (χ4n) is 4.16. The minimum absolute atomic E-state index is 0.0427. The Hall–Kier alpha value is -3.34. The van der Waals surface area contributed by atoms with Gasteiger partial charge in [-0.25, -0.2) is 0 Å². The second-order valence-corrected chi connectivity index (χ2v) is 9.86. The summed E-state index contributed by atoms with van der Waals surface area (Å²) in [6, 6.07) is 19.6. The molecule has 1 aliphatic heterocycles. The Kier molecular flexibility index (Phi) is 6.41. The minimum atomic E-state index is -0.617. The lowest BCUT2D eigenvalue weighted by Gasteiger charge is -2.28. The molecule has 1 heterocycles. The van der Waals surface area contributed by atoms with E-state index in [9.17, 15) is 9.59 Å². The molecule has 1 aliphatic rings. The molecule has 0 atom stereocenters. The fourth-order valence-corrected chi connectivity index (χ4v) is 4.16. The van der Waals surface area contributed by atoms with Gasteiger partial charge in [0.05, 0.1) is 17.5 Å². The van der Waals surface area contributed by atoms with Gasteiger partial charge in [-0.15, -0.1) is 0 Å². The summed E-state index contributed by atoms with van der Waals surface area (Å²) in [4.78, 5) is 28.0. The zero-order valence-corrected chi connectivity index (χ0v) is 19.9. The monoisotopic (exact) mass is 444 g/mol. The van der Waals surface area contributed by atoms with Gasteiger partial charge in [-0.1, -0.05) is 56.3 Å². The normalized spacial score (nSPS) is 15.2. The van der Waals surface area contributed by atoms with E-state index in [1.165, 1.54) is 0 Å². The molecule has 0 radical (unpaired) electrons. The lowest BCUT2D eigenvalue weighted by molar-refractivity contribution is -0.127. The SMILES string of the molecule is CC(C)CCN1C(=O)C(C)(C)COc2ccc(NC(=O)Cc3cccc4ccccc34)cc21. The average molecular weight is 445 g/mol. The Morgan fingerprint density at radius 3 is 2.64 bits per heavy atom.